The van der Waals surface area contributed by atoms with Crippen LogP contribution in [0.15, 0.2) is 48.5 Å². The first-order valence-electron chi connectivity index (χ1n) is 6.64. The number of halogens is 2. The molecule has 1 fully saturated rings. The van der Waals surface area contributed by atoms with Gasteiger partial charge in [-0.1, -0.05) is 53.5 Å². The van der Waals surface area contributed by atoms with Gasteiger partial charge in [0.25, 0.3) is 0 Å². The third-order valence-corrected chi connectivity index (χ3v) is 4.16. The molecule has 4 heteroatoms. The maximum atomic E-state index is 6.13. The Morgan fingerprint density at radius 1 is 1.00 bits per heavy atom. The molecule has 0 saturated carbocycles. The lowest BCUT2D eigenvalue weighted by Crippen LogP contribution is -2.36. The Kier molecular flexibility index (Phi) is 4.16. The summed E-state index contributed by atoms with van der Waals surface area (Å²) < 4.78 is 5.95. The van der Waals surface area contributed by atoms with E-state index in [1.807, 2.05) is 36.4 Å². The quantitative estimate of drug-likeness (QED) is 0.781. The number of rotatable bonds is 2. The maximum Gasteiger partial charge on any atom is 0.156 e. The SMILES string of the molecule is Clc1ccc(N2CCCOC2c2ccccc2)cc1Cl. The van der Waals surface area contributed by atoms with E-state index >= 15 is 0 Å². The summed E-state index contributed by atoms with van der Waals surface area (Å²) in [5, 5.41) is 1.14. The lowest BCUT2D eigenvalue weighted by molar-refractivity contribution is 0.0248. The summed E-state index contributed by atoms with van der Waals surface area (Å²) in [6.07, 6.45) is 0.936. The van der Waals surface area contributed by atoms with E-state index in [0.717, 1.165) is 30.8 Å². The number of benzene rings is 2. The standard InChI is InChI=1S/C16H15Cl2NO/c17-14-8-7-13(11-15(14)18)19-9-4-10-20-16(19)12-5-2-1-3-6-12/h1-3,5-8,11,16H,4,9-10H2. The molecule has 0 amide bonds. The highest BCUT2D eigenvalue weighted by molar-refractivity contribution is 6.42. The molecule has 3 rings (SSSR count). The molecule has 2 aromatic carbocycles. The molecule has 1 aliphatic rings. The monoisotopic (exact) mass is 307 g/mol. The zero-order valence-corrected chi connectivity index (χ0v) is 12.4. The fourth-order valence-electron chi connectivity index (χ4n) is 2.46. The average Bonchev–Trinajstić information content (AvgIpc) is 2.51. The molecule has 0 aliphatic carbocycles. The largest absolute Gasteiger partial charge is 0.354 e. The van der Waals surface area contributed by atoms with Crippen LogP contribution in [-0.4, -0.2) is 13.2 Å². The second kappa shape index (κ2) is 6.04. The minimum Gasteiger partial charge on any atom is -0.354 e. The zero-order valence-electron chi connectivity index (χ0n) is 10.9. The number of nitrogens with zero attached hydrogens (tertiary/aromatic N) is 1. The van der Waals surface area contributed by atoms with Crippen LogP contribution in [0.4, 0.5) is 5.69 Å². The number of anilines is 1. The van der Waals surface area contributed by atoms with Crippen molar-refractivity contribution in [3.05, 3.63) is 64.1 Å². The van der Waals surface area contributed by atoms with Crippen LogP contribution < -0.4 is 4.90 Å². The van der Waals surface area contributed by atoms with Crippen LogP contribution in [0.5, 0.6) is 0 Å². The van der Waals surface area contributed by atoms with Crippen molar-refractivity contribution >= 4 is 28.9 Å². The summed E-state index contributed by atoms with van der Waals surface area (Å²) in [5.41, 5.74) is 2.19. The van der Waals surface area contributed by atoms with Crippen LogP contribution in [0, 0.1) is 0 Å². The van der Waals surface area contributed by atoms with Crippen LogP contribution in [0.2, 0.25) is 10.0 Å². The molecule has 0 bridgehead atoms. The summed E-state index contributed by atoms with van der Waals surface area (Å²) in [4.78, 5) is 2.22. The van der Waals surface area contributed by atoms with Gasteiger partial charge >= 0.3 is 0 Å². The van der Waals surface area contributed by atoms with Crippen LogP contribution >= 0.6 is 23.2 Å². The molecule has 2 aromatic rings. The van der Waals surface area contributed by atoms with E-state index in [-0.39, 0.29) is 6.23 Å². The third-order valence-electron chi connectivity index (χ3n) is 3.42. The van der Waals surface area contributed by atoms with Crippen molar-refractivity contribution < 1.29 is 4.74 Å². The Bertz CT molecular complexity index is 588. The van der Waals surface area contributed by atoms with Crippen LogP contribution in [0.1, 0.15) is 18.2 Å². The molecule has 1 heterocycles. The van der Waals surface area contributed by atoms with Gasteiger partial charge in [-0.25, -0.2) is 0 Å². The Morgan fingerprint density at radius 2 is 1.80 bits per heavy atom. The average molecular weight is 308 g/mol. The molecule has 1 aliphatic heterocycles. The Labute approximate surface area is 128 Å². The van der Waals surface area contributed by atoms with E-state index in [4.69, 9.17) is 27.9 Å². The highest BCUT2D eigenvalue weighted by atomic mass is 35.5. The van der Waals surface area contributed by atoms with Crippen molar-refractivity contribution in [2.45, 2.75) is 12.6 Å². The van der Waals surface area contributed by atoms with Crippen molar-refractivity contribution in [2.24, 2.45) is 0 Å². The highest BCUT2D eigenvalue weighted by Crippen LogP contribution is 2.34. The molecule has 0 spiro atoms. The van der Waals surface area contributed by atoms with Crippen molar-refractivity contribution in [2.75, 3.05) is 18.1 Å². The summed E-state index contributed by atoms with van der Waals surface area (Å²) in [6, 6.07) is 15.9. The van der Waals surface area contributed by atoms with E-state index in [1.165, 1.54) is 0 Å². The van der Waals surface area contributed by atoms with Gasteiger partial charge < -0.3 is 9.64 Å². The van der Waals surface area contributed by atoms with Gasteiger partial charge in [-0.3, -0.25) is 0 Å². The van der Waals surface area contributed by atoms with E-state index in [1.54, 1.807) is 0 Å². The molecule has 0 N–H and O–H groups in total. The summed E-state index contributed by atoms with van der Waals surface area (Å²) in [6.45, 7) is 1.72. The smallest absolute Gasteiger partial charge is 0.156 e. The molecule has 0 radical (unpaired) electrons. The first-order chi connectivity index (χ1) is 9.75. The van der Waals surface area contributed by atoms with Gasteiger partial charge in [-0.05, 0) is 24.6 Å². The summed E-state index contributed by atoms with van der Waals surface area (Å²) in [7, 11) is 0. The lowest BCUT2D eigenvalue weighted by atomic mass is 10.1. The molecular formula is C16H15Cl2NO. The highest BCUT2D eigenvalue weighted by Gasteiger charge is 2.25. The van der Waals surface area contributed by atoms with Crippen LogP contribution in [-0.2, 0) is 4.74 Å². The second-order valence-corrected chi connectivity index (χ2v) is 5.59. The predicted molar refractivity (Wildman–Crippen MR) is 83.6 cm³/mol. The topological polar surface area (TPSA) is 12.5 Å². The van der Waals surface area contributed by atoms with Crippen molar-refractivity contribution in [3.63, 3.8) is 0 Å². The molecule has 1 atom stereocenters. The maximum absolute atomic E-state index is 6.13. The zero-order chi connectivity index (χ0) is 13.9. The first-order valence-corrected chi connectivity index (χ1v) is 7.39. The molecule has 0 aromatic heterocycles. The summed E-state index contributed by atoms with van der Waals surface area (Å²) in [5.74, 6) is 0. The third kappa shape index (κ3) is 2.78. The van der Waals surface area contributed by atoms with E-state index in [0.29, 0.717) is 10.0 Å². The molecule has 20 heavy (non-hydrogen) atoms. The fraction of sp³-hybridized carbons (Fsp3) is 0.250. The van der Waals surface area contributed by atoms with E-state index < -0.39 is 0 Å². The second-order valence-electron chi connectivity index (χ2n) is 4.78. The minimum absolute atomic E-state index is 0.0674. The number of hydrogen-bond donors (Lipinski definition) is 0. The minimum atomic E-state index is -0.0674. The fourth-order valence-corrected chi connectivity index (χ4v) is 2.75. The van der Waals surface area contributed by atoms with Crippen molar-refractivity contribution in [1.82, 2.24) is 0 Å². The lowest BCUT2D eigenvalue weighted by Gasteiger charge is -2.37. The van der Waals surface area contributed by atoms with Gasteiger partial charge in [0, 0.05) is 17.8 Å². The number of hydrogen-bond acceptors (Lipinski definition) is 2. The van der Waals surface area contributed by atoms with Crippen molar-refractivity contribution in [1.29, 1.82) is 0 Å². The van der Waals surface area contributed by atoms with Gasteiger partial charge in [0.1, 0.15) is 0 Å². The molecule has 1 saturated heterocycles. The van der Waals surface area contributed by atoms with Gasteiger partial charge in [0.05, 0.1) is 16.7 Å². The van der Waals surface area contributed by atoms with Crippen LogP contribution in [0.25, 0.3) is 0 Å². The van der Waals surface area contributed by atoms with E-state index in [2.05, 4.69) is 17.0 Å². The van der Waals surface area contributed by atoms with Crippen LogP contribution in [0.3, 0.4) is 0 Å². The molecule has 1 unspecified atom stereocenters. The Morgan fingerprint density at radius 3 is 2.55 bits per heavy atom. The predicted octanol–water partition coefficient (Wildman–Crippen LogP) is 4.92. The van der Waals surface area contributed by atoms with Crippen molar-refractivity contribution in [3.8, 4) is 0 Å². The first kappa shape index (κ1) is 13.7. The molecule has 2 nitrogen and oxygen atoms in total. The number of ether oxygens (including phenoxy) is 1. The van der Waals surface area contributed by atoms with Gasteiger partial charge in [-0.15, -0.1) is 0 Å². The summed E-state index contributed by atoms with van der Waals surface area (Å²) >= 11 is 12.1. The Hall–Kier alpha value is -1.22. The van der Waals surface area contributed by atoms with Gasteiger partial charge in [0.2, 0.25) is 0 Å². The van der Waals surface area contributed by atoms with Gasteiger partial charge in [0.15, 0.2) is 6.23 Å². The normalized spacial score (nSPS) is 19.1. The van der Waals surface area contributed by atoms with E-state index in [9.17, 15) is 0 Å². The molecule has 104 valence electrons. The molecular weight excluding hydrogens is 293 g/mol. The van der Waals surface area contributed by atoms with Gasteiger partial charge in [-0.2, -0.15) is 0 Å². The Balaban J connectivity index is 1.94.